The number of nitrogens with one attached hydrogen (secondary N) is 1. The minimum atomic E-state index is -1.17. The van der Waals surface area contributed by atoms with Crippen molar-refractivity contribution in [1.29, 1.82) is 0 Å². The molecule has 1 N–H and O–H groups in total. The first-order valence-corrected chi connectivity index (χ1v) is 11.7. The summed E-state index contributed by atoms with van der Waals surface area (Å²) in [6.07, 6.45) is 1.49. The topological polar surface area (TPSA) is 64.6 Å². The van der Waals surface area contributed by atoms with Crippen LogP contribution in [0, 0.1) is 0 Å². The average molecular weight is 478 g/mol. The molecule has 4 aromatic carbocycles. The summed E-state index contributed by atoms with van der Waals surface area (Å²) in [6.45, 7) is 1.83. The third-order valence-corrected chi connectivity index (χ3v) is 5.69. The van der Waals surface area contributed by atoms with Gasteiger partial charge in [0.1, 0.15) is 5.57 Å². The number of rotatable bonds is 9. The Morgan fingerprint density at radius 3 is 1.53 bits per heavy atom. The van der Waals surface area contributed by atoms with E-state index in [-0.39, 0.29) is 12.2 Å². The van der Waals surface area contributed by atoms with E-state index in [1.165, 1.54) is 6.08 Å². The van der Waals surface area contributed by atoms with Crippen LogP contribution < -0.4 is 5.48 Å². The van der Waals surface area contributed by atoms with Gasteiger partial charge in [-0.15, -0.1) is 0 Å². The number of ether oxygens (including phenoxy) is 1. The highest BCUT2D eigenvalue weighted by Crippen LogP contribution is 2.39. The molecule has 180 valence electrons. The molecule has 4 aromatic rings. The normalized spacial score (nSPS) is 11.5. The fourth-order valence-electron chi connectivity index (χ4n) is 4.02. The van der Waals surface area contributed by atoms with Crippen molar-refractivity contribution in [3.05, 3.63) is 149 Å². The number of hydroxylamine groups is 1. The van der Waals surface area contributed by atoms with Crippen LogP contribution >= 0.6 is 0 Å². The van der Waals surface area contributed by atoms with Crippen molar-refractivity contribution in [1.82, 2.24) is 5.48 Å². The number of esters is 1. The Kier molecular flexibility index (Phi) is 8.06. The molecule has 5 nitrogen and oxygen atoms in total. The molecule has 0 aliphatic carbocycles. The van der Waals surface area contributed by atoms with Crippen molar-refractivity contribution in [3.8, 4) is 0 Å². The van der Waals surface area contributed by atoms with Crippen LogP contribution in [0.4, 0.5) is 0 Å². The minimum absolute atomic E-state index is 0.140. The highest BCUT2D eigenvalue weighted by atomic mass is 16.7. The van der Waals surface area contributed by atoms with Gasteiger partial charge in [-0.3, -0.25) is 9.63 Å². The summed E-state index contributed by atoms with van der Waals surface area (Å²) in [4.78, 5) is 32.5. The Balaban J connectivity index is 1.78. The molecule has 0 saturated heterocycles. The zero-order valence-corrected chi connectivity index (χ0v) is 20.0. The predicted octanol–water partition coefficient (Wildman–Crippen LogP) is 5.67. The Morgan fingerprint density at radius 2 is 1.11 bits per heavy atom. The van der Waals surface area contributed by atoms with Gasteiger partial charge in [-0.1, -0.05) is 121 Å². The van der Waals surface area contributed by atoms with Crippen molar-refractivity contribution < 1.29 is 19.2 Å². The summed E-state index contributed by atoms with van der Waals surface area (Å²) < 4.78 is 5.16. The molecular weight excluding hydrogens is 450 g/mol. The van der Waals surface area contributed by atoms with Gasteiger partial charge >= 0.3 is 5.97 Å². The molecule has 0 radical (unpaired) electrons. The molecule has 0 unspecified atom stereocenters. The van der Waals surface area contributed by atoms with Crippen LogP contribution in [0.3, 0.4) is 0 Å². The second kappa shape index (κ2) is 11.8. The molecule has 0 aliphatic rings. The third-order valence-electron chi connectivity index (χ3n) is 5.69. The van der Waals surface area contributed by atoms with Crippen molar-refractivity contribution in [3.63, 3.8) is 0 Å². The van der Waals surface area contributed by atoms with Crippen molar-refractivity contribution in [2.24, 2.45) is 0 Å². The zero-order valence-electron chi connectivity index (χ0n) is 20.0. The highest BCUT2D eigenvalue weighted by Gasteiger charge is 2.39. The number of benzene rings is 4. The molecule has 1 amide bonds. The predicted molar refractivity (Wildman–Crippen MR) is 139 cm³/mol. The van der Waals surface area contributed by atoms with Crippen LogP contribution in [0.15, 0.2) is 127 Å². The fourth-order valence-corrected chi connectivity index (χ4v) is 4.02. The fraction of sp³-hybridized carbons (Fsp3) is 0.0968. The van der Waals surface area contributed by atoms with E-state index in [1.54, 1.807) is 19.1 Å². The molecule has 0 aromatic heterocycles. The van der Waals surface area contributed by atoms with E-state index >= 15 is 0 Å². The van der Waals surface area contributed by atoms with E-state index in [0.717, 1.165) is 16.7 Å². The first-order chi connectivity index (χ1) is 17.6. The van der Waals surface area contributed by atoms with Crippen molar-refractivity contribution in [2.75, 3.05) is 6.61 Å². The Labute approximate surface area is 211 Å². The van der Waals surface area contributed by atoms with E-state index < -0.39 is 17.5 Å². The lowest BCUT2D eigenvalue weighted by molar-refractivity contribution is -0.146. The monoisotopic (exact) mass is 477 g/mol. The first kappa shape index (κ1) is 24.6. The summed E-state index contributed by atoms with van der Waals surface area (Å²) in [7, 11) is 0. The minimum Gasteiger partial charge on any atom is -0.462 e. The molecule has 0 fully saturated rings. The van der Waals surface area contributed by atoms with Gasteiger partial charge in [-0.25, -0.2) is 10.3 Å². The zero-order chi connectivity index (χ0) is 25.2. The lowest BCUT2D eigenvalue weighted by Gasteiger charge is -2.35. The van der Waals surface area contributed by atoms with Crippen LogP contribution in [0.2, 0.25) is 0 Å². The first-order valence-electron chi connectivity index (χ1n) is 11.7. The summed E-state index contributed by atoms with van der Waals surface area (Å²) >= 11 is 0. The standard InChI is InChI=1S/C31H27NO4/c1-2-35-30(34)28(23-24-15-7-3-8-16-24)29(33)32-36-31(25-17-9-4-10-18-25,26-19-11-5-12-20-26)27-21-13-6-14-22-27/h3-23H,2H2,1H3,(H,32,33)/b28-23-. The highest BCUT2D eigenvalue weighted by molar-refractivity contribution is 6.19. The molecule has 5 heteroatoms. The maximum atomic E-state index is 13.4. The van der Waals surface area contributed by atoms with Crippen LogP contribution in [0.25, 0.3) is 6.08 Å². The van der Waals surface area contributed by atoms with Gasteiger partial charge in [-0.2, -0.15) is 0 Å². The second-order valence-corrected chi connectivity index (χ2v) is 8.00. The van der Waals surface area contributed by atoms with Crippen LogP contribution in [0.1, 0.15) is 29.2 Å². The van der Waals surface area contributed by atoms with E-state index in [2.05, 4.69) is 5.48 Å². The Bertz CT molecular complexity index is 1210. The summed E-state index contributed by atoms with van der Waals surface area (Å²) in [5.74, 6) is -1.43. The van der Waals surface area contributed by atoms with Crippen LogP contribution in [-0.4, -0.2) is 18.5 Å². The maximum absolute atomic E-state index is 13.4. The van der Waals surface area contributed by atoms with Crippen molar-refractivity contribution >= 4 is 18.0 Å². The molecule has 0 aliphatic heterocycles. The molecule has 4 rings (SSSR count). The van der Waals surface area contributed by atoms with E-state index in [4.69, 9.17) is 9.57 Å². The number of hydrogen-bond acceptors (Lipinski definition) is 4. The molecule has 0 atom stereocenters. The lowest BCUT2D eigenvalue weighted by Crippen LogP contribution is -2.41. The molecular formula is C31H27NO4. The van der Waals surface area contributed by atoms with Gasteiger partial charge in [0.05, 0.1) is 6.61 Å². The summed E-state index contributed by atoms with van der Waals surface area (Å²) in [5, 5.41) is 0. The van der Waals surface area contributed by atoms with Gasteiger partial charge in [0, 0.05) is 0 Å². The molecule has 0 bridgehead atoms. The summed E-state index contributed by atoms with van der Waals surface area (Å²) in [5.41, 5.74) is 4.36. The lowest BCUT2D eigenvalue weighted by atomic mass is 9.80. The molecule has 36 heavy (non-hydrogen) atoms. The quantitative estimate of drug-likeness (QED) is 0.0842. The summed E-state index contributed by atoms with van der Waals surface area (Å²) in [6, 6.07) is 38.0. The van der Waals surface area contributed by atoms with E-state index in [9.17, 15) is 9.59 Å². The number of amides is 1. The smallest absolute Gasteiger partial charge is 0.343 e. The Morgan fingerprint density at radius 1 is 0.694 bits per heavy atom. The van der Waals surface area contributed by atoms with Crippen molar-refractivity contribution in [2.45, 2.75) is 12.5 Å². The van der Waals surface area contributed by atoms with Crippen LogP contribution in [-0.2, 0) is 24.8 Å². The van der Waals surface area contributed by atoms with E-state index in [0.29, 0.717) is 5.56 Å². The molecule has 0 heterocycles. The SMILES string of the molecule is CCOC(=O)/C(=C\c1ccccc1)C(=O)NOC(c1ccccc1)(c1ccccc1)c1ccccc1. The average Bonchev–Trinajstić information content (AvgIpc) is 2.94. The Hall–Kier alpha value is -4.48. The second-order valence-electron chi connectivity index (χ2n) is 8.00. The molecule has 0 saturated carbocycles. The van der Waals surface area contributed by atoms with Gasteiger partial charge in [-0.05, 0) is 35.3 Å². The third kappa shape index (κ3) is 5.43. The van der Waals surface area contributed by atoms with Gasteiger partial charge in [0.2, 0.25) is 0 Å². The van der Waals surface area contributed by atoms with Gasteiger partial charge in [0.25, 0.3) is 5.91 Å². The maximum Gasteiger partial charge on any atom is 0.343 e. The van der Waals surface area contributed by atoms with Crippen LogP contribution in [0.5, 0.6) is 0 Å². The number of carbonyl (C=O) groups is 2. The largest absolute Gasteiger partial charge is 0.462 e. The van der Waals surface area contributed by atoms with Gasteiger partial charge < -0.3 is 4.74 Å². The number of hydrogen-bond donors (Lipinski definition) is 1. The van der Waals surface area contributed by atoms with Gasteiger partial charge in [0.15, 0.2) is 5.60 Å². The number of carbonyl (C=O) groups excluding carboxylic acids is 2. The molecule has 0 spiro atoms. The van der Waals surface area contributed by atoms with E-state index in [1.807, 2.05) is 109 Å².